The molecule has 0 radical (unpaired) electrons. The molecular weight excluding hydrogens is 536 g/mol. The molecule has 1 aromatic rings. The van der Waals surface area contributed by atoms with Gasteiger partial charge in [-0.1, -0.05) is 60.7 Å². The largest absolute Gasteiger partial charge is 0.444 e. The van der Waals surface area contributed by atoms with Crippen LogP contribution < -0.4 is 5.19 Å². The second-order valence-corrected chi connectivity index (χ2v) is 19.3. The van der Waals surface area contributed by atoms with E-state index >= 15 is 0 Å². The fourth-order valence-electron chi connectivity index (χ4n) is 5.01. The van der Waals surface area contributed by atoms with Gasteiger partial charge in [-0.3, -0.25) is 9.80 Å². The van der Waals surface area contributed by atoms with Gasteiger partial charge in [-0.05, 0) is 75.7 Å². The van der Waals surface area contributed by atoms with Crippen LogP contribution in [0.15, 0.2) is 43.0 Å². The molecule has 2 fully saturated rings. The van der Waals surface area contributed by atoms with Crippen molar-refractivity contribution < 1.29 is 28.5 Å². The summed E-state index contributed by atoms with van der Waals surface area (Å²) in [6.07, 6.45) is 2.01. The number of hydrogen-bond donors (Lipinski definition) is 0. The Bertz CT molecular complexity index is 1040. The molecule has 2 atom stereocenters. The molecule has 232 valence electrons. The predicted molar refractivity (Wildman–Crippen MR) is 167 cm³/mol. The molecule has 0 spiro atoms. The van der Waals surface area contributed by atoms with Gasteiger partial charge in [0.2, 0.25) is 0 Å². The third kappa shape index (κ3) is 9.86. The molecule has 0 bridgehead atoms. The molecule has 1 aromatic carbocycles. The minimum absolute atomic E-state index is 0.0698. The van der Waals surface area contributed by atoms with E-state index in [-0.39, 0.29) is 24.3 Å². The fourth-order valence-corrected chi connectivity index (χ4v) is 7.45. The summed E-state index contributed by atoms with van der Waals surface area (Å²) in [6, 6.07) is 11.8. The highest BCUT2D eigenvalue weighted by atomic mass is 28.3. The first-order chi connectivity index (χ1) is 18.6. The number of carbonyl (C=O) groups excluding carboxylic acids is 2. The van der Waals surface area contributed by atoms with Crippen LogP contribution in [0.3, 0.4) is 0 Å². The van der Waals surface area contributed by atoms with Gasteiger partial charge in [-0.2, -0.15) is 0 Å². The average Bonchev–Trinajstić information content (AvgIpc) is 3.30. The van der Waals surface area contributed by atoms with Crippen molar-refractivity contribution in [3.05, 3.63) is 43.0 Å². The van der Waals surface area contributed by atoms with Gasteiger partial charge in [-0.25, -0.2) is 9.59 Å². The molecule has 2 amide bonds. The van der Waals surface area contributed by atoms with E-state index < -0.39 is 30.7 Å². The van der Waals surface area contributed by atoms with Crippen molar-refractivity contribution in [2.24, 2.45) is 0 Å². The summed E-state index contributed by atoms with van der Waals surface area (Å²) in [7, 11) is -1.54. The van der Waals surface area contributed by atoms with Crippen LogP contribution >= 0.6 is 0 Å². The quantitative estimate of drug-likeness (QED) is 0.274. The van der Waals surface area contributed by atoms with Crippen LogP contribution in [-0.2, 0) is 18.9 Å². The lowest BCUT2D eigenvalue weighted by Crippen LogP contribution is -2.50. The summed E-state index contributed by atoms with van der Waals surface area (Å²) in [6.45, 7) is 28.3. The fraction of sp³-hybridized carbons (Fsp3) is 0.688. The van der Waals surface area contributed by atoms with Crippen molar-refractivity contribution in [3.63, 3.8) is 0 Å². The van der Waals surface area contributed by atoms with E-state index in [4.69, 9.17) is 18.9 Å². The number of hydrogen-bond acceptors (Lipinski definition) is 6. The van der Waals surface area contributed by atoms with Crippen LogP contribution in [-0.4, -0.2) is 78.0 Å². The van der Waals surface area contributed by atoms with Gasteiger partial charge in [0, 0.05) is 0 Å². The summed E-state index contributed by atoms with van der Waals surface area (Å²) in [5.74, 6) is 0. The second kappa shape index (κ2) is 12.9. The molecule has 2 heterocycles. The first kappa shape index (κ1) is 34.8. The molecule has 0 aromatic heterocycles. The van der Waals surface area contributed by atoms with Crippen molar-refractivity contribution in [1.82, 2.24) is 9.80 Å². The highest BCUT2D eigenvalue weighted by molar-refractivity contribution is 6.89. The maximum atomic E-state index is 12.7. The first-order valence-corrected chi connectivity index (χ1v) is 17.8. The molecule has 3 rings (SSSR count). The van der Waals surface area contributed by atoms with Crippen molar-refractivity contribution in [2.75, 3.05) is 13.2 Å². The number of ether oxygens (including phenoxy) is 4. The molecule has 0 N–H and O–H groups in total. The van der Waals surface area contributed by atoms with E-state index in [2.05, 4.69) is 50.0 Å². The molecule has 0 saturated carbocycles. The molecule has 41 heavy (non-hydrogen) atoms. The van der Waals surface area contributed by atoms with Crippen molar-refractivity contribution in [2.45, 2.75) is 130 Å². The smallest absolute Gasteiger partial charge is 0.413 e. The van der Waals surface area contributed by atoms with Gasteiger partial charge in [0.05, 0.1) is 33.4 Å². The van der Waals surface area contributed by atoms with Gasteiger partial charge < -0.3 is 18.9 Å². The van der Waals surface area contributed by atoms with Crippen molar-refractivity contribution in [3.8, 4) is 0 Å². The normalized spacial score (nSPS) is 22.0. The zero-order valence-corrected chi connectivity index (χ0v) is 28.5. The Hall–Kier alpha value is -2.36. The lowest BCUT2D eigenvalue weighted by Gasteiger charge is -2.36. The Labute approximate surface area is 249 Å². The van der Waals surface area contributed by atoms with Crippen molar-refractivity contribution in [1.29, 1.82) is 0 Å². The summed E-state index contributed by atoms with van der Waals surface area (Å²) >= 11 is 0. The number of carbonyl (C=O) groups is 2. The lowest BCUT2D eigenvalue weighted by atomic mass is 10.1. The Morgan fingerprint density at radius 1 is 0.902 bits per heavy atom. The number of nitrogens with zero attached hydrogens (tertiary/aromatic N) is 2. The SMILES string of the molecule is C=C[C@H]1COC(C)(C)N1C(=O)OC(C)(C)C.CC(C)(C)OC(=O)N1[C@@H](CC[Si](C)(C)c2ccccc2)COC1(C)C. The predicted octanol–water partition coefficient (Wildman–Crippen LogP) is 6.91. The summed E-state index contributed by atoms with van der Waals surface area (Å²) < 4.78 is 22.4. The summed E-state index contributed by atoms with van der Waals surface area (Å²) in [4.78, 5) is 28.1. The van der Waals surface area contributed by atoms with Gasteiger partial charge in [-0.15, -0.1) is 6.58 Å². The van der Waals surface area contributed by atoms with E-state index in [0.717, 1.165) is 12.5 Å². The topological polar surface area (TPSA) is 77.5 Å². The molecule has 2 aliphatic rings. The zero-order chi connectivity index (χ0) is 31.4. The Morgan fingerprint density at radius 3 is 1.85 bits per heavy atom. The van der Waals surface area contributed by atoms with Gasteiger partial charge in [0.1, 0.15) is 22.7 Å². The Balaban J connectivity index is 0.000000317. The van der Waals surface area contributed by atoms with E-state index in [9.17, 15) is 9.59 Å². The Morgan fingerprint density at radius 2 is 1.37 bits per heavy atom. The molecule has 0 aliphatic carbocycles. The highest BCUT2D eigenvalue weighted by Gasteiger charge is 2.46. The monoisotopic (exact) mass is 590 g/mol. The molecule has 9 heteroatoms. The molecular formula is C32H54N2O6Si. The third-order valence-corrected chi connectivity index (χ3v) is 10.6. The van der Waals surface area contributed by atoms with E-state index in [1.54, 1.807) is 15.9 Å². The van der Waals surface area contributed by atoms with Gasteiger partial charge in [0.15, 0.2) is 0 Å². The van der Waals surface area contributed by atoms with E-state index in [1.165, 1.54) is 5.19 Å². The number of amides is 2. The van der Waals surface area contributed by atoms with Gasteiger partial charge in [0.25, 0.3) is 0 Å². The van der Waals surface area contributed by atoms with Crippen LogP contribution in [0.25, 0.3) is 0 Å². The minimum atomic E-state index is -1.54. The average molecular weight is 591 g/mol. The molecule has 2 aliphatic heterocycles. The summed E-state index contributed by atoms with van der Waals surface area (Å²) in [5.41, 5.74) is -2.26. The van der Waals surface area contributed by atoms with Gasteiger partial charge >= 0.3 is 12.2 Å². The third-order valence-electron chi connectivity index (χ3n) is 7.20. The van der Waals surface area contributed by atoms with Crippen LogP contribution in [0, 0.1) is 0 Å². The maximum Gasteiger partial charge on any atom is 0.413 e. The first-order valence-electron chi connectivity index (χ1n) is 14.6. The van der Waals surface area contributed by atoms with Crippen LogP contribution in [0.4, 0.5) is 9.59 Å². The van der Waals surface area contributed by atoms with Crippen LogP contribution in [0.1, 0.15) is 75.7 Å². The second-order valence-electron chi connectivity index (χ2n) is 14.5. The van der Waals surface area contributed by atoms with Crippen molar-refractivity contribution >= 4 is 25.4 Å². The standard InChI is InChI=1S/C20H33NO3Si.C12H21NO3/c1-19(2,3)24-18(22)21-16(15-23-20(21,4)5)13-14-25(6,7)17-11-9-8-10-12-17;1-7-9-8-15-12(5,6)13(9)10(14)16-11(2,3)4/h8-12,16H,13-15H2,1-7H3;7,9H,1,8H2,2-6H3/t16-;9-/m00/s1. The van der Waals surface area contributed by atoms with E-state index in [1.807, 2.05) is 69.2 Å². The maximum absolute atomic E-state index is 12.7. The Kier molecular flexibility index (Phi) is 10.9. The molecule has 2 saturated heterocycles. The molecule has 0 unspecified atom stereocenters. The number of rotatable bonds is 5. The molecule has 8 nitrogen and oxygen atoms in total. The van der Waals surface area contributed by atoms with Crippen LogP contribution in [0.2, 0.25) is 19.1 Å². The zero-order valence-electron chi connectivity index (χ0n) is 27.5. The lowest BCUT2D eigenvalue weighted by molar-refractivity contribution is -0.0631. The minimum Gasteiger partial charge on any atom is -0.444 e. The van der Waals surface area contributed by atoms with E-state index in [0.29, 0.717) is 13.2 Å². The highest BCUT2D eigenvalue weighted by Crippen LogP contribution is 2.33. The van der Waals surface area contributed by atoms with Crippen LogP contribution in [0.5, 0.6) is 0 Å². The number of benzene rings is 1. The summed E-state index contributed by atoms with van der Waals surface area (Å²) in [5, 5.41) is 1.46.